The van der Waals surface area contributed by atoms with Gasteiger partial charge in [-0.3, -0.25) is 0 Å². The fourth-order valence-electron chi connectivity index (χ4n) is 1.53. The number of benzene rings is 2. The van der Waals surface area contributed by atoms with Crippen molar-refractivity contribution in [1.29, 1.82) is 0 Å². The molecule has 0 aliphatic heterocycles. The second kappa shape index (κ2) is 7.59. The first-order chi connectivity index (χ1) is 10.3. The Balaban J connectivity index is 1.87. The fraction of sp³-hybridized carbons (Fsp3) is 0.0625. The molecule has 1 N–H and O–H groups in total. The molecule has 0 spiro atoms. The smallest absolute Gasteiger partial charge is 0.441 e. The minimum atomic E-state index is -1.18. The van der Waals surface area contributed by atoms with E-state index in [4.69, 9.17) is 14.7 Å². The van der Waals surface area contributed by atoms with Crippen molar-refractivity contribution >= 4 is 6.09 Å². The molecule has 0 bridgehead atoms. The van der Waals surface area contributed by atoms with E-state index in [1.54, 1.807) is 42.5 Å². The highest BCUT2D eigenvalue weighted by atomic mass is 16.7. The van der Waals surface area contributed by atoms with Crippen LogP contribution < -0.4 is 9.57 Å². The maximum Gasteiger partial charge on any atom is 0.441 e. The number of carboxylic acid groups (broad SMARTS) is 1. The fourth-order valence-corrected chi connectivity index (χ4v) is 1.53. The topological polar surface area (TPSA) is 59.0 Å². The number of ether oxygens (including phenoxy) is 1. The molecule has 2 rings (SSSR count). The third-order valence-electron chi connectivity index (χ3n) is 2.49. The molecule has 1 amide bonds. The van der Waals surface area contributed by atoms with Gasteiger partial charge in [-0.1, -0.05) is 36.4 Å². The van der Waals surface area contributed by atoms with Gasteiger partial charge in [0.05, 0.1) is 12.8 Å². The molecule has 0 aliphatic carbocycles. The Hall–Kier alpha value is -2.95. The zero-order chi connectivity index (χ0) is 14.9. The second-order valence-corrected chi connectivity index (χ2v) is 4.05. The van der Waals surface area contributed by atoms with Crippen LogP contribution in [0.3, 0.4) is 0 Å². The Labute approximate surface area is 122 Å². The maximum absolute atomic E-state index is 11.1. The zero-order valence-corrected chi connectivity index (χ0v) is 11.3. The van der Waals surface area contributed by atoms with Crippen molar-refractivity contribution in [2.75, 3.05) is 6.54 Å². The van der Waals surface area contributed by atoms with Crippen LogP contribution in [-0.4, -0.2) is 22.8 Å². The van der Waals surface area contributed by atoms with Gasteiger partial charge in [0.2, 0.25) is 0 Å². The van der Waals surface area contributed by atoms with Crippen LogP contribution in [0, 0.1) is 0 Å². The van der Waals surface area contributed by atoms with Crippen LogP contribution in [-0.2, 0) is 0 Å². The van der Waals surface area contributed by atoms with Crippen molar-refractivity contribution in [3.63, 3.8) is 0 Å². The van der Waals surface area contributed by atoms with Crippen molar-refractivity contribution in [2.24, 2.45) is 0 Å². The summed E-state index contributed by atoms with van der Waals surface area (Å²) < 4.78 is 5.33. The van der Waals surface area contributed by atoms with E-state index in [0.29, 0.717) is 11.5 Å². The van der Waals surface area contributed by atoms with Gasteiger partial charge in [-0.15, -0.1) is 5.06 Å². The van der Waals surface area contributed by atoms with Crippen molar-refractivity contribution in [2.45, 2.75) is 0 Å². The Bertz CT molecular complexity index is 584. The van der Waals surface area contributed by atoms with E-state index < -0.39 is 6.09 Å². The van der Waals surface area contributed by atoms with Crippen LogP contribution in [0.1, 0.15) is 0 Å². The molecule has 108 valence electrons. The first-order valence-corrected chi connectivity index (χ1v) is 6.36. The summed E-state index contributed by atoms with van der Waals surface area (Å²) in [6, 6.07) is 17.9. The van der Waals surface area contributed by atoms with Gasteiger partial charge in [0.15, 0.2) is 5.75 Å². The van der Waals surface area contributed by atoms with Crippen LogP contribution in [0.4, 0.5) is 4.79 Å². The molecular weight excluding hydrogens is 270 g/mol. The van der Waals surface area contributed by atoms with E-state index in [1.807, 2.05) is 24.3 Å². The normalized spacial score (nSPS) is 10.3. The average Bonchev–Trinajstić information content (AvgIpc) is 2.52. The van der Waals surface area contributed by atoms with E-state index in [-0.39, 0.29) is 6.54 Å². The van der Waals surface area contributed by atoms with Crippen molar-refractivity contribution < 1.29 is 19.5 Å². The molecule has 5 heteroatoms. The summed E-state index contributed by atoms with van der Waals surface area (Å²) in [4.78, 5) is 16.3. The molecule has 0 aliphatic rings. The third-order valence-corrected chi connectivity index (χ3v) is 2.49. The molecule has 0 aromatic heterocycles. The Morgan fingerprint density at radius 2 is 1.57 bits per heavy atom. The molecule has 0 heterocycles. The van der Waals surface area contributed by atoms with Gasteiger partial charge in [0.25, 0.3) is 0 Å². The lowest BCUT2D eigenvalue weighted by Gasteiger charge is -2.17. The average molecular weight is 285 g/mol. The Kier molecular flexibility index (Phi) is 5.23. The van der Waals surface area contributed by atoms with E-state index in [0.717, 1.165) is 5.06 Å². The van der Waals surface area contributed by atoms with Gasteiger partial charge >= 0.3 is 6.09 Å². The van der Waals surface area contributed by atoms with Crippen LogP contribution in [0.2, 0.25) is 0 Å². The summed E-state index contributed by atoms with van der Waals surface area (Å²) in [6.07, 6.45) is 1.81. The molecule has 0 saturated heterocycles. The molecule has 2 aromatic carbocycles. The first kappa shape index (κ1) is 14.5. The highest BCUT2D eigenvalue weighted by molar-refractivity contribution is 5.64. The summed E-state index contributed by atoms with van der Waals surface area (Å²) in [7, 11) is 0. The molecule has 0 radical (unpaired) electrons. The molecule has 0 atom stereocenters. The third kappa shape index (κ3) is 4.91. The second-order valence-electron chi connectivity index (χ2n) is 4.05. The highest BCUT2D eigenvalue weighted by Gasteiger charge is 2.11. The molecule has 5 nitrogen and oxygen atoms in total. The molecule has 2 aromatic rings. The van der Waals surface area contributed by atoms with Crippen LogP contribution >= 0.6 is 0 Å². The standard InChI is InChI=1S/C16H15NO4/c18-16(19)17(21-15-10-5-2-6-11-15)12-7-13-20-14-8-3-1-4-9-14/h1-11,13H,12H2,(H,18,19). The summed E-state index contributed by atoms with van der Waals surface area (Å²) in [6.45, 7) is 0.0526. The summed E-state index contributed by atoms with van der Waals surface area (Å²) in [5.41, 5.74) is 0. The number of hydroxylamine groups is 2. The molecular formula is C16H15NO4. The molecule has 0 fully saturated rings. The lowest BCUT2D eigenvalue weighted by molar-refractivity contribution is -0.0265. The van der Waals surface area contributed by atoms with Gasteiger partial charge in [-0.2, -0.15) is 0 Å². The highest BCUT2D eigenvalue weighted by Crippen LogP contribution is 2.11. The van der Waals surface area contributed by atoms with E-state index in [2.05, 4.69) is 0 Å². The lowest BCUT2D eigenvalue weighted by Crippen LogP contribution is -2.33. The number of hydrogen-bond donors (Lipinski definition) is 1. The van der Waals surface area contributed by atoms with Crippen LogP contribution in [0.25, 0.3) is 0 Å². The van der Waals surface area contributed by atoms with Crippen molar-refractivity contribution in [1.82, 2.24) is 5.06 Å². The number of para-hydroxylation sites is 2. The molecule has 21 heavy (non-hydrogen) atoms. The molecule has 0 saturated carbocycles. The van der Waals surface area contributed by atoms with Gasteiger partial charge in [-0.05, 0) is 30.3 Å². The predicted molar refractivity (Wildman–Crippen MR) is 78.0 cm³/mol. The van der Waals surface area contributed by atoms with Crippen molar-refractivity contribution in [3.8, 4) is 11.5 Å². The minimum absolute atomic E-state index is 0.0526. The van der Waals surface area contributed by atoms with Gasteiger partial charge in [-0.25, -0.2) is 4.79 Å². The number of rotatable bonds is 6. The first-order valence-electron chi connectivity index (χ1n) is 6.36. The van der Waals surface area contributed by atoms with E-state index in [1.165, 1.54) is 6.26 Å². The number of carbonyl (C=O) groups is 1. The lowest BCUT2D eigenvalue weighted by atomic mass is 10.3. The molecule has 0 unspecified atom stereocenters. The Morgan fingerprint density at radius 3 is 2.14 bits per heavy atom. The van der Waals surface area contributed by atoms with Crippen LogP contribution in [0.15, 0.2) is 73.0 Å². The summed E-state index contributed by atoms with van der Waals surface area (Å²) >= 11 is 0. The van der Waals surface area contributed by atoms with E-state index >= 15 is 0 Å². The largest absolute Gasteiger partial charge is 0.465 e. The minimum Gasteiger partial charge on any atom is -0.465 e. The van der Waals surface area contributed by atoms with Gasteiger partial charge in [0, 0.05) is 0 Å². The van der Waals surface area contributed by atoms with Gasteiger partial charge in [0.1, 0.15) is 5.75 Å². The van der Waals surface area contributed by atoms with E-state index in [9.17, 15) is 4.79 Å². The SMILES string of the molecule is O=C(O)N(CC=COc1ccccc1)Oc1ccccc1. The number of nitrogens with zero attached hydrogens (tertiary/aromatic N) is 1. The van der Waals surface area contributed by atoms with Crippen molar-refractivity contribution in [3.05, 3.63) is 73.0 Å². The van der Waals surface area contributed by atoms with Crippen LogP contribution in [0.5, 0.6) is 11.5 Å². The summed E-state index contributed by atoms with van der Waals surface area (Å²) in [5.74, 6) is 1.14. The monoisotopic (exact) mass is 285 g/mol. The maximum atomic E-state index is 11.1. The van der Waals surface area contributed by atoms with Gasteiger partial charge < -0.3 is 14.7 Å². The quantitative estimate of drug-likeness (QED) is 0.651. The number of hydrogen-bond acceptors (Lipinski definition) is 3. The number of amides is 1. The Morgan fingerprint density at radius 1 is 1.00 bits per heavy atom. The zero-order valence-electron chi connectivity index (χ0n) is 11.3. The predicted octanol–water partition coefficient (Wildman–Crippen LogP) is 3.55. The summed E-state index contributed by atoms with van der Waals surface area (Å²) in [5, 5.41) is 9.90.